The fraction of sp³-hybridized carbons (Fsp3) is 0.314. The maximum atomic E-state index is 13.5. The summed E-state index contributed by atoms with van der Waals surface area (Å²) in [4.78, 5) is 97.4. The molecule has 4 saturated heterocycles. The number of aromatic nitrogens is 4. The van der Waals surface area contributed by atoms with Gasteiger partial charge in [-0.25, -0.2) is 76.4 Å². The van der Waals surface area contributed by atoms with Crippen LogP contribution >= 0.6 is 0 Å². The molecule has 0 unspecified atom stereocenters. The number of nitrogens with one attached hydrogen (secondary N) is 1. The van der Waals surface area contributed by atoms with E-state index in [1.54, 1.807) is 121 Å². The summed E-state index contributed by atoms with van der Waals surface area (Å²) in [5, 5.41) is 46.5. The van der Waals surface area contributed by atoms with E-state index in [0.29, 0.717) is 73.4 Å². The van der Waals surface area contributed by atoms with Crippen molar-refractivity contribution in [3.05, 3.63) is 208 Å². The zero-order chi connectivity index (χ0) is 74.1. The number of aromatic hydroxyl groups is 2. The highest BCUT2D eigenvalue weighted by Crippen LogP contribution is 2.49. The number of amides is 1. The van der Waals surface area contributed by atoms with E-state index in [2.05, 4.69) is 5.32 Å². The van der Waals surface area contributed by atoms with Crippen LogP contribution in [0.2, 0.25) is 0 Å². The predicted molar refractivity (Wildman–Crippen MR) is 364 cm³/mol. The molecular formula is C70H64N5O25S4-. The van der Waals surface area contributed by atoms with Crippen molar-refractivity contribution in [2.75, 3.05) is 11.5 Å². The van der Waals surface area contributed by atoms with Crippen molar-refractivity contribution in [2.45, 2.75) is 124 Å². The fourth-order valence-electron chi connectivity index (χ4n) is 13.9. The molecule has 9 aliphatic rings. The van der Waals surface area contributed by atoms with Gasteiger partial charge in [0, 0.05) is 44.9 Å². The monoisotopic (exact) mass is 1500 g/mol. The van der Waals surface area contributed by atoms with Crippen LogP contribution in [0, 0.1) is 0 Å². The highest BCUT2D eigenvalue weighted by atomic mass is 32.2. The van der Waals surface area contributed by atoms with Crippen molar-refractivity contribution in [3.63, 3.8) is 0 Å². The number of sulfone groups is 4. The molecule has 4 spiro atoms. The van der Waals surface area contributed by atoms with Gasteiger partial charge in [-0.05, 0) is 105 Å². The van der Waals surface area contributed by atoms with Crippen LogP contribution in [-0.2, 0) is 91.8 Å². The SMILES string of the molecule is O=C1NC2(CCCCC2)S(=O)(=O)/C1=C/c1c(O)n(-c2ccccc2)n(-c2ccccc2)c1=O.O=C1OC2(CCC3(CC2)OC(=O)C(=CC2=C(O)CCS2(=O)=O)C(=O)O3)OC(=O)C1=CC1=C([O-])CCS1(=O)=O.O=C1OC2(CCCCC2)S(=O)(=O)/C1=C/c1c(O)n(-c2ccccc2)n(-c2ccccc2)c1=O. The number of hydrogen-bond donors (Lipinski definition) is 4. The van der Waals surface area contributed by atoms with Gasteiger partial charge in [0.25, 0.3) is 28.6 Å². The molecule has 2 aromatic heterocycles. The number of rotatable bonds is 8. The molecule has 1 amide bonds. The van der Waals surface area contributed by atoms with Crippen LogP contribution in [0.3, 0.4) is 0 Å². The summed E-state index contributed by atoms with van der Waals surface area (Å²) in [5.41, 5.74) is -1.43. The number of esters is 5. The zero-order valence-corrected chi connectivity index (χ0v) is 58.1. The van der Waals surface area contributed by atoms with Crippen molar-refractivity contribution in [3.8, 4) is 34.5 Å². The van der Waals surface area contributed by atoms with Gasteiger partial charge in [0.15, 0.2) is 24.6 Å². The van der Waals surface area contributed by atoms with Crippen molar-refractivity contribution >= 4 is 87.3 Å². The van der Waals surface area contributed by atoms with Crippen LogP contribution in [0.1, 0.15) is 114 Å². The van der Waals surface area contributed by atoms with Gasteiger partial charge in [-0.3, -0.25) is 14.4 Å². The number of ether oxygens (including phenoxy) is 5. The Kier molecular flexibility index (Phi) is 18.4. The summed E-state index contributed by atoms with van der Waals surface area (Å²) in [6.07, 6.45) is 7.36. The maximum absolute atomic E-state index is 13.5. The van der Waals surface area contributed by atoms with Gasteiger partial charge in [0.05, 0.1) is 39.2 Å². The Morgan fingerprint density at radius 2 is 0.769 bits per heavy atom. The first-order valence-corrected chi connectivity index (χ1v) is 39.1. The van der Waals surface area contributed by atoms with Crippen LogP contribution in [0.25, 0.3) is 34.9 Å². The van der Waals surface area contributed by atoms with E-state index in [4.69, 9.17) is 23.7 Å². The smallest absolute Gasteiger partial charge is 0.351 e. The lowest BCUT2D eigenvalue weighted by molar-refractivity contribution is -0.305. The standard InChI is InChI=1S/C24H23N3O5S.C24H22N2O6S.C22H20O14S2/c28-21-20(33(31,32)24(25-21)14-8-3-9-15-24)16-19-22(29)26(17-10-4-1-5-11-17)27(23(19)30)18-12-6-2-7-13-18;27-21-19(16-20-23(29)32-24(33(20,30)31)14-8-3-9-15-24)22(28)26(18-12-6-2-7-13-18)25(21)17-10-4-1-5-11-17;23-13-1-7-37(29,30)15(13)9-11-17(25)33-21(34-18(11)26)3-5-22(6-4-21)35-19(27)12(20(28)36-22)10-16-14(24)2-8-38(16,31)32/h1-2,4-7,10-13,16,29H,3,8-9,14-15H2,(H,25,28);1-2,4-7,10-13,16,27H,3,8-9,14-15H2;9-10,23-24H,1-8H2/p-1/b2*20-16+;. The lowest BCUT2D eigenvalue weighted by Crippen LogP contribution is -2.56. The molecule has 4 aromatic carbocycles. The Hall–Kier alpha value is -10.8. The Balaban J connectivity index is 0.000000139. The molecule has 34 heteroatoms. The molecule has 7 fully saturated rings. The zero-order valence-electron chi connectivity index (χ0n) is 54.8. The summed E-state index contributed by atoms with van der Waals surface area (Å²) in [6.45, 7) is 0. The van der Waals surface area contributed by atoms with Gasteiger partial charge in [-0.15, -0.1) is 5.76 Å². The van der Waals surface area contributed by atoms with Gasteiger partial charge in [0.1, 0.15) is 42.7 Å². The van der Waals surface area contributed by atoms with Crippen LogP contribution < -0.4 is 21.5 Å². The molecular weight excluding hydrogens is 1440 g/mol. The van der Waals surface area contributed by atoms with E-state index < -0.39 is 167 Å². The molecule has 3 aliphatic carbocycles. The summed E-state index contributed by atoms with van der Waals surface area (Å²) < 4.78 is 133. The van der Waals surface area contributed by atoms with E-state index in [1.165, 1.54) is 18.7 Å². The van der Waals surface area contributed by atoms with E-state index in [-0.39, 0.29) is 68.2 Å². The quantitative estimate of drug-likeness (QED) is 0.0660. The summed E-state index contributed by atoms with van der Waals surface area (Å²) in [6, 6.07) is 34.8. The lowest BCUT2D eigenvalue weighted by atomic mass is 9.87. The Labute approximate surface area is 592 Å². The largest absolute Gasteiger partial charge is 0.875 e. The fourth-order valence-corrected chi connectivity index (χ4v) is 20.8. The molecule has 0 bridgehead atoms. The van der Waals surface area contributed by atoms with Gasteiger partial charge in [-0.1, -0.05) is 98.5 Å². The van der Waals surface area contributed by atoms with Crippen LogP contribution in [0.5, 0.6) is 11.8 Å². The van der Waals surface area contributed by atoms with Crippen LogP contribution in [-0.4, -0.2) is 136 Å². The Bertz CT molecular complexity index is 5050. The van der Waals surface area contributed by atoms with Crippen LogP contribution in [0.15, 0.2) is 185 Å². The summed E-state index contributed by atoms with van der Waals surface area (Å²) >= 11 is 0. The second-order valence-corrected chi connectivity index (χ2v) is 34.4. The first kappa shape index (κ1) is 71.6. The number of allylic oxidation sites excluding steroid dienone is 4. The lowest BCUT2D eigenvalue weighted by Gasteiger charge is -2.46. The van der Waals surface area contributed by atoms with E-state index in [1.807, 2.05) is 0 Å². The third-order valence-electron chi connectivity index (χ3n) is 19.3. The topological polar surface area (TPSA) is 435 Å². The maximum Gasteiger partial charge on any atom is 0.351 e. The first-order valence-electron chi connectivity index (χ1n) is 32.9. The van der Waals surface area contributed by atoms with Crippen molar-refractivity contribution in [1.29, 1.82) is 0 Å². The van der Waals surface area contributed by atoms with Gasteiger partial charge in [-0.2, -0.15) is 0 Å². The van der Waals surface area contributed by atoms with Crippen molar-refractivity contribution < 1.29 is 107 Å². The molecule has 8 heterocycles. The Morgan fingerprint density at radius 1 is 0.404 bits per heavy atom. The van der Waals surface area contributed by atoms with Crippen molar-refractivity contribution in [1.82, 2.24) is 24.0 Å². The number of para-hydroxylation sites is 4. The highest BCUT2D eigenvalue weighted by Gasteiger charge is 2.60. The Morgan fingerprint density at radius 3 is 1.15 bits per heavy atom. The average molecular weight is 1500 g/mol. The molecule has 4 N–H and O–H groups in total. The third-order valence-corrected chi connectivity index (χ3v) is 27.6. The number of benzene rings is 4. The number of nitrogens with zero attached hydrogens (tertiary/aromatic N) is 4. The van der Waals surface area contributed by atoms with E-state index >= 15 is 0 Å². The minimum absolute atomic E-state index is 0.169. The average Bonchev–Trinajstić information content (AvgIpc) is 1.66. The number of aliphatic hydroxyl groups excluding tert-OH is 1. The molecule has 30 nitrogen and oxygen atoms in total. The number of carbonyl (C=O) groups is 6. The molecule has 0 atom stereocenters. The van der Waals surface area contributed by atoms with Gasteiger partial charge in [0.2, 0.25) is 36.4 Å². The molecule has 3 saturated carbocycles. The number of carbonyl (C=O) groups excluding carboxylic acids is 6. The van der Waals surface area contributed by atoms with Gasteiger partial charge < -0.3 is 49.4 Å². The highest BCUT2D eigenvalue weighted by molar-refractivity contribution is 7.98. The van der Waals surface area contributed by atoms with Crippen LogP contribution in [0.4, 0.5) is 0 Å². The first-order chi connectivity index (χ1) is 49.4. The molecule has 15 rings (SSSR count). The van der Waals surface area contributed by atoms with E-state index in [0.717, 1.165) is 25.0 Å². The molecule has 544 valence electrons. The predicted octanol–water partition coefficient (Wildman–Crippen LogP) is 5.17. The third kappa shape index (κ3) is 12.5. The molecule has 0 radical (unpaired) electrons. The second kappa shape index (κ2) is 26.8. The summed E-state index contributed by atoms with van der Waals surface area (Å²) in [7, 11) is -16.0. The van der Waals surface area contributed by atoms with Crippen molar-refractivity contribution in [2.24, 2.45) is 0 Å². The minimum atomic E-state index is -4.14. The second-order valence-electron chi connectivity index (χ2n) is 25.8. The van der Waals surface area contributed by atoms with Gasteiger partial charge >= 0.3 is 29.8 Å². The number of aliphatic hydroxyl groups is 1. The molecule has 6 aromatic rings. The molecule has 6 aliphatic heterocycles. The summed E-state index contributed by atoms with van der Waals surface area (Å²) in [5.74, 6) is -13.2. The molecule has 104 heavy (non-hydrogen) atoms. The number of hydrogen-bond acceptors (Lipinski definition) is 25. The van der Waals surface area contributed by atoms with E-state index in [9.17, 15) is 92.5 Å². The minimum Gasteiger partial charge on any atom is -0.875 e. The normalized spacial score (nSPS) is 24.7.